The first kappa shape index (κ1) is 17.2. The summed E-state index contributed by atoms with van der Waals surface area (Å²) in [5.74, 6) is 0.481. The maximum Gasteiger partial charge on any atom is 0.154 e. The SMILES string of the molecule is CNc1ccc(-c2nnc(Cc3ccc(F)cc3)s2)c(OC)c1NC. The Morgan fingerprint density at radius 1 is 1.04 bits per heavy atom. The molecular weight excluding hydrogens is 339 g/mol. The van der Waals surface area contributed by atoms with Crippen LogP contribution in [0, 0.1) is 5.82 Å². The lowest BCUT2D eigenvalue weighted by Crippen LogP contribution is -2.01. The minimum Gasteiger partial charge on any atom is -0.494 e. The van der Waals surface area contributed by atoms with Crippen LogP contribution in [0.15, 0.2) is 36.4 Å². The second kappa shape index (κ2) is 7.48. The fraction of sp³-hybridized carbons (Fsp3) is 0.222. The Labute approximate surface area is 149 Å². The summed E-state index contributed by atoms with van der Waals surface area (Å²) in [6.45, 7) is 0. The van der Waals surface area contributed by atoms with Gasteiger partial charge in [0.1, 0.15) is 16.5 Å². The molecule has 3 aromatic rings. The lowest BCUT2D eigenvalue weighted by molar-refractivity contribution is 0.418. The molecule has 130 valence electrons. The summed E-state index contributed by atoms with van der Waals surface area (Å²) >= 11 is 1.50. The molecule has 25 heavy (non-hydrogen) atoms. The van der Waals surface area contributed by atoms with Crippen molar-refractivity contribution in [1.29, 1.82) is 0 Å². The van der Waals surface area contributed by atoms with Crippen molar-refractivity contribution in [3.63, 3.8) is 0 Å². The molecule has 3 rings (SSSR count). The second-order valence-corrected chi connectivity index (χ2v) is 6.44. The summed E-state index contributed by atoms with van der Waals surface area (Å²) in [4.78, 5) is 0. The van der Waals surface area contributed by atoms with Crippen LogP contribution in [0.5, 0.6) is 5.75 Å². The molecule has 0 saturated heterocycles. The molecule has 2 N–H and O–H groups in total. The predicted molar refractivity (Wildman–Crippen MR) is 100 cm³/mol. The molecule has 1 aromatic heterocycles. The van der Waals surface area contributed by atoms with Gasteiger partial charge in [0, 0.05) is 20.5 Å². The number of nitrogens with one attached hydrogen (secondary N) is 2. The van der Waals surface area contributed by atoms with Crippen molar-refractivity contribution in [2.75, 3.05) is 31.8 Å². The van der Waals surface area contributed by atoms with Crippen LogP contribution in [0.1, 0.15) is 10.6 Å². The van der Waals surface area contributed by atoms with Gasteiger partial charge in [0.25, 0.3) is 0 Å². The van der Waals surface area contributed by atoms with E-state index in [9.17, 15) is 4.39 Å². The zero-order chi connectivity index (χ0) is 17.8. The van der Waals surface area contributed by atoms with Gasteiger partial charge in [-0.25, -0.2) is 4.39 Å². The molecule has 0 spiro atoms. The maximum absolute atomic E-state index is 13.0. The highest BCUT2D eigenvalue weighted by Gasteiger charge is 2.17. The molecule has 0 atom stereocenters. The molecule has 0 aliphatic carbocycles. The van der Waals surface area contributed by atoms with Crippen LogP contribution in [-0.2, 0) is 6.42 Å². The van der Waals surface area contributed by atoms with Crippen LogP contribution in [0.2, 0.25) is 0 Å². The molecule has 0 aliphatic heterocycles. The fourth-order valence-corrected chi connectivity index (χ4v) is 3.53. The van der Waals surface area contributed by atoms with Gasteiger partial charge < -0.3 is 15.4 Å². The third-order valence-corrected chi connectivity index (χ3v) is 4.80. The van der Waals surface area contributed by atoms with E-state index in [4.69, 9.17) is 4.74 Å². The molecule has 5 nitrogen and oxygen atoms in total. The first-order valence-electron chi connectivity index (χ1n) is 7.80. The van der Waals surface area contributed by atoms with Crippen molar-refractivity contribution < 1.29 is 9.13 Å². The highest BCUT2D eigenvalue weighted by Crippen LogP contribution is 2.42. The molecule has 0 aliphatic rings. The van der Waals surface area contributed by atoms with Gasteiger partial charge in [-0.15, -0.1) is 10.2 Å². The zero-order valence-corrected chi connectivity index (χ0v) is 15.1. The number of aromatic nitrogens is 2. The summed E-state index contributed by atoms with van der Waals surface area (Å²) in [7, 11) is 5.35. The molecule has 0 unspecified atom stereocenters. The van der Waals surface area contributed by atoms with Crippen molar-refractivity contribution in [3.8, 4) is 16.3 Å². The van der Waals surface area contributed by atoms with Crippen LogP contribution >= 0.6 is 11.3 Å². The van der Waals surface area contributed by atoms with E-state index in [1.165, 1.54) is 23.5 Å². The van der Waals surface area contributed by atoms with Crippen LogP contribution < -0.4 is 15.4 Å². The monoisotopic (exact) mass is 358 g/mol. The highest BCUT2D eigenvalue weighted by atomic mass is 32.1. The number of hydrogen-bond acceptors (Lipinski definition) is 6. The van der Waals surface area contributed by atoms with Crippen LogP contribution in [-0.4, -0.2) is 31.4 Å². The van der Waals surface area contributed by atoms with Gasteiger partial charge >= 0.3 is 0 Å². The lowest BCUT2D eigenvalue weighted by Gasteiger charge is -2.15. The van der Waals surface area contributed by atoms with Gasteiger partial charge in [-0.05, 0) is 29.8 Å². The van der Waals surface area contributed by atoms with Crippen molar-refractivity contribution in [2.24, 2.45) is 0 Å². The van der Waals surface area contributed by atoms with Crippen LogP contribution in [0.4, 0.5) is 15.8 Å². The number of ether oxygens (including phenoxy) is 1. The summed E-state index contributed by atoms with van der Waals surface area (Å²) in [6, 6.07) is 10.4. The van der Waals surface area contributed by atoms with E-state index in [0.29, 0.717) is 6.42 Å². The summed E-state index contributed by atoms with van der Waals surface area (Å²) < 4.78 is 18.6. The molecule has 2 aromatic carbocycles. The first-order valence-corrected chi connectivity index (χ1v) is 8.61. The van der Waals surface area contributed by atoms with Crippen LogP contribution in [0.25, 0.3) is 10.6 Å². The third kappa shape index (κ3) is 3.56. The van der Waals surface area contributed by atoms with E-state index >= 15 is 0 Å². The zero-order valence-electron chi connectivity index (χ0n) is 14.3. The van der Waals surface area contributed by atoms with Gasteiger partial charge in [-0.3, -0.25) is 0 Å². The van der Waals surface area contributed by atoms with Gasteiger partial charge in [0.05, 0.1) is 18.4 Å². The molecule has 1 heterocycles. The average molecular weight is 358 g/mol. The molecule has 0 amide bonds. The number of nitrogens with zero attached hydrogens (tertiary/aromatic N) is 2. The summed E-state index contributed by atoms with van der Waals surface area (Å²) in [5.41, 5.74) is 3.70. The number of anilines is 2. The second-order valence-electron chi connectivity index (χ2n) is 5.37. The van der Waals surface area contributed by atoms with E-state index in [1.54, 1.807) is 19.2 Å². The molecule has 0 radical (unpaired) electrons. The Hall–Kier alpha value is -2.67. The summed E-state index contributed by atoms with van der Waals surface area (Å²) in [6.07, 6.45) is 0.619. The molecule has 0 saturated carbocycles. The van der Waals surface area contributed by atoms with Gasteiger partial charge in [-0.1, -0.05) is 23.5 Å². The lowest BCUT2D eigenvalue weighted by atomic mass is 10.1. The minimum atomic E-state index is -0.240. The van der Waals surface area contributed by atoms with Gasteiger partial charge in [0.15, 0.2) is 10.8 Å². The number of rotatable bonds is 6. The minimum absolute atomic E-state index is 0.240. The Bertz CT molecular complexity index is 864. The third-order valence-electron chi connectivity index (χ3n) is 3.85. The van der Waals surface area contributed by atoms with Crippen molar-refractivity contribution in [3.05, 3.63) is 52.8 Å². The Morgan fingerprint density at radius 2 is 1.80 bits per heavy atom. The van der Waals surface area contributed by atoms with E-state index in [0.717, 1.165) is 38.3 Å². The average Bonchev–Trinajstić information content (AvgIpc) is 3.10. The number of benzene rings is 2. The Balaban J connectivity index is 1.93. The predicted octanol–water partition coefficient (Wildman–Crippen LogP) is 4.03. The maximum atomic E-state index is 13.0. The molecule has 0 fully saturated rings. The van der Waals surface area contributed by atoms with E-state index in [-0.39, 0.29) is 5.82 Å². The molecule has 0 bridgehead atoms. The largest absolute Gasteiger partial charge is 0.494 e. The quantitative estimate of drug-likeness (QED) is 0.697. The highest BCUT2D eigenvalue weighted by molar-refractivity contribution is 7.14. The van der Waals surface area contributed by atoms with Crippen LogP contribution in [0.3, 0.4) is 0 Å². The summed E-state index contributed by atoms with van der Waals surface area (Å²) in [5, 5.41) is 16.5. The Kier molecular flexibility index (Phi) is 5.14. The van der Waals surface area contributed by atoms with Gasteiger partial charge in [-0.2, -0.15) is 0 Å². The van der Waals surface area contributed by atoms with Crippen molar-refractivity contribution >= 4 is 22.7 Å². The van der Waals surface area contributed by atoms with Crippen molar-refractivity contribution in [1.82, 2.24) is 10.2 Å². The normalized spacial score (nSPS) is 10.6. The number of halogens is 1. The first-order chi connectivity index (χ1) is 12.2. The fourth-order valence-electron chi connectivity index (χ4n) is 2.63. The number of hydrogen-bond donors (Lipinski definition) is 2. The smallest absolute Gasteiger partial charge is 0.154 e. The Morgan fingerprint density at radius 3 is 2.44 bits per heavy atom. The van der Waals surface area contributed by atoms with Crippen molar-refractivity contribution in [2.45, 2.75) is 6.42 Å². The van der Waals surface area contributed by atoms with E-state index in [1.807, 2.05) is 26.2 Å². The van der Waals surface area contributed by atoms with E-state index in [2.05, 4.69) is 20.8 Å². The topological polar surface area (TPSA) is 59.1 Å². The van der Waals surface area contributed by atoms with E-state index < -0.39 is 0 Å². The molecule has 7 heteroatoms. The standard InChI is InChI=1S/C18H19FN4OS/c1-20-14-9-8-13(17(24-3)16(14)21-2)18-23-22-15(25-18)10-11-4-6-12(19)7-5-11/h4-9,20-21H,10H2,1-3H3. The molecular formula is C18H19FN4OS. The van der Waals surface area contributed by atoms with Gasteiger partial charge in [0.2, 0.25) is 0 Å². The number of methoxy groups -OCH3 is 1.